The van der Waals surface area contributed by atoms with Crippen LogP contribution < -0.4 is 5.32 Å². The fourth-order valence-corrected chi connectivity index (χ4v) is 2.14. The first kappa shape index (κ1) is 14.5. The highest BCUT2D eigenvalue weighted by molar-refractivity contribution is 5.96. The van der Waals surface area contributed by atoms with E-state index < -0.39 is 0 Å². The molecule has 0 saturated heterocycles. The number of pyridine rings is 1. The molecule has 1 aromatic heterocycles. The van der Waals surface area contributed by atoms with Gasteiger partial charge >= 0.3 is 0 Å². The maximum atomic E-state index is 12.2. The third kappa shape index (κ3) is 3.58. The molecule has 2 rings (SSSR count). The predicted octanol–water partition coefficient (Wildman–Crippen LogP) is 1.59. The van der Waals surface area contributed by atoms with Crippen molar-refractivity contribution in [1.29, 1.82) is 0 Å². The Bertz CT molecular complexity index is 555. The highest BCUT2D eigenvalue weighted by atomic mass is 16.2. The molecule has 0 bridgehead atoms. The molecule has 0 radical (unpaired) electrons. The molecule has 1 aliphatic rings. The third-order valence-electron chi connectivity index (χ3n) is 3.75. The van der Waals surface area contributed by atoms with E-state index in [-0.39, 0.29) is 12.5 Å². The summed E-state index contributed by atoms with van der Waals surface area (Å²) in [6, 6.07) is 1.68. The lowest BCUT2D eigenvalue weighted by Crippen LogP contribution is -2.27. The number of aromatic nitrogens is 1. The molecule has 1 unspecified atom stereocenters. The third-order valence-corrected chi connectivity index (χ3v) is 3.75. The van der Waals surface area contributed by atoms with E-state index in [0.717, 1.165) is 6.42 Å². The molecule has 0 aliphatic heterocycles. The van der Waals surface area contributed by atoms with Crippen LogP contribution >= 0.6 is 0 Å². The summed E-state index contributed by atoms with van der Waals surface area (Å²) in [6.07, 6.45) is 4.73. The van der Waals surface area contributed by atoms with Crippen LogP contribution in [0.3, 0.4) is 0 Å². The first-order chi connectivity index (χ1) is 9.54. The first-order valence-electron chi connectivity index (χ1n) is 6.86. The van der Waals surface area contributed by atoms with E-state index in [4.69, 9.17) is 5.11 Å². The Kier molecular flexibility index (Phi) is 4.41. The Balaban J connectivity index is 2.01. The molecule has 1 aliphatic carbocycles. The lowest BCUT2D eigenvalue weighted by Gasteiger charge is -2.07. The zero-order valence-corrected chi connectivity index (χ0v) is 11.9. The minimum absolute atomic E-state index is 0.0194. The summed E-state index contributed by atoms with van der Waals surface area (Å²) in [5.41, 5.74) is 1.51. The largest absolute Gasteiger partial charge is 0.395 e. The van der Waals surface area contributed by atoms with Gasteiger partial charge in [-0.3, -0.25) is 9.78 Å². The second kappa shape index (κ2) is 6.06. The van der Waals surface area contributed by atoms with Gasteiger partial charge in [-0.15, -0.1) is 0 Å². The van der Waals surface area contributed by atoms with Gasteiger partial charge in [0.25, 0.3) is 5.91 Å². The van der Waals surface area contributed by atoms with Gasteiger partial charge in [0, 0.05) is 25.4 Å². The van der Waals surface area contributed by atoms with Gasteiger partial charge in [0.05, 0.1) is 17.7 Å². The lowest BCUT2D eigenvalue weighted by atomic mass is 10.1. The molecule has 106 valence electrons. The summed E-state index contributed by atoms with van der Waals surface area (Å²) in [4.78, 5) is 16.2. The fraction of sp³-hybridized carbons (Fsp3) is 0.500. The topological polar surface area (TPSA) is 62.2 Å². The van der Waals surface area contributed by atoms with E-state index in [9.17, 15) is 4.79 Å². The lowest BCUT2D eigenvalue weighted by molar-refractivity contribution is 0.0950. The van der Waals surface area contributed by atoms with Crippen LogP contribution in [0.15, 0.2) is 18.5 Å². The summed E-state index contributed by atoms with van der Waals surface area (Å²) in [7, 11) is 0. The van der Waals surface area contributed by atoms with Crippen LogP contribution in [0.5, 0.6) is 0 Å². The number of carbonyl (C=O) groups is 1. The van der Waals surface area contributed by atoms with Crippen molar-refractivity contribution in [1.82, 2.24) is 10.3 Å². The molecule has 20 heavy (non-hydrogen) atoms. The van der Waals surface area contributed by atoms with E-state index in [1.165, 1.54) is 0 Å². The number of aliphatic hydroxyl groups is 1. The zero-order chi connectivity index (χ0) is 14.6. The number of nitrogens with one attached hydrogen (secondary N) is 1. The molecule has 1 atom stereocenters. The minimum Gasteiger partial charge on any atom is -0.395 e. The molecule has 1 heterocycles. The minimum atomic E-state index is -0.108. The van der Waals surface area contributed by atoms with Crippen molar-refractivity contribution in [3.05, 3.63) is 29.6 Å². The molecule has 1 fully saturated rings. The number of hydrogen-bond donors (Lipinski definition) is 2. The summed E-state index contributed by atoms with van der Waals surface area (Å²) >= 11 is 0. The molecule has 0 spiro atoms. The van der Waals surface area contributed by atoms with E-state index in [1.54, 1.807) is 18.5 Å². The number of nitrogens with zero attached hydrogens (tertiary/aromatic N) is 1. The Labute approximate surface area is 119 Å². The maximum absolute atomic E-state index is 12.2. The van der Waals surface area contributed by atoms with Gasteiger partial charge in [0.2, 0.25) is 0 Å². The Hall–Kier alpha value is -1.86. The molecular weight excluding hydrogens is 252 g/mol. The standard InChI is InChI=1S/C16H20N2O2/c1-16(2)9-13(16)11-18-15(20)14-6-7-17-10-12(14)5-3-4-8-19/h6-7,10,13,19H,4,8-9,11H2,1-2H3,(H,18,20). The van der Waals surface area contributed by atoms with Gasteiger partial charge in [-0.1, -0.05) is 25.7 Å². The Morgan fingerprint density at radius 1 is 1.60 bits per heavy atom. The molecule has 0 aromatic carbocycles. The molecule has 1 saturated carbocycles. The van der Waals surface area contributed by atoms with Crippen molar-refractivity contribution >= 4 is 5.91 Å². The average molecular weight is 272 g/mol. The van der Waals surface area contributed by atoms with Gasteiger partial charge in [-0.05, 0) is 23.8 Å². The number of rotatable bonds is 4. The smallest absolute Gasteiger partial charge is 0.252 e. The van der Waals surface area contributed by atoms with Crippen molar-refractivity contribution in [2.45, 2.75) is 26.7 Å². The molecule has 1 amide bonds. The first-order valence-corrected chi connectivity index (χ1v) is 6.86. The number of aliphatic hydroxyl groups excluding tert-OH is 1. The van der Waals surface area contributed by atoms with Crippen molar-refractivity contribution < 1.29 is 9.90 Å². The van der Waals surface area contributed by atoms with Crippen LogP contribution in [0.4, 0.5) is 0 Å². The highest BCUT2D eigenvalue weighted by Gasteiger charge is 2.45. The van der Waals surface area contributed by atoms with Gasteiger partial charge < -0.3 is 10.4 Å². The molecule has 4 heteroatoms. The van der Waals surface area contributed by atoms with Crippen molar-refractivity contribution in [3.63, 3.8) is 0 Å². The van der Waals surface area contributed by atoms with Crippen LogP contribution in [0.1, 0.15) is 42.6 Å². The van der Waals surface area contributed by atoms with Gasteiger partial charge in [-0.2, -0.15) is 0 Å². The fourth-order valence-electron chi connectivity index (χ4n) is 2.14. The maximum Gasteiger partial charge on any atom is 0.252 e. The van der Waals surface area contributed by atoms with Crippen LogP contribution in [0.2, 0.25) is 0 Å². The van der Waals surface area contributed by atoms with Crippen LogP contribution in [0, 0.1) is 23.2 Å². The zero-order valence-electron chi connectivity index (χ0n) is 11.9. The quantitative estimate of drug-likeness (QED) is 0.818. The normalized spacial score (nSPS) is 18.9. The van der Waals surface area contributed by atoms with Crippen molar-refractivity contribution in [2.75, 3.05) is 13.2 Å². The van der Waals surface area contributed by atoms with Gasteiger partial charge in [0.1, 0.15) is 0 Å². The average Bonchev–Trinajstić information content (AvgIpc) is 3.04. The second-order valence-electron chi connectivity index (χ2n) is 5.80. The number of hydrogen-bond acceptors (Lipinski definition) is 3. The summed E-state index contributed by atoms with van der Waals surface area (Å²) in [6.45, 7) is 5.15. The van der Waals surface area contributed by atoms with E-state index in [1.807, 2.05) is 0 Å². The second-order valence-corrected chi connectivity index (χ2v) is 5.80. The monoisotopic (exact) mass is 272 g/mol. The highest BCUT2D eigenvalue weighted by Crippen LogP contribution is 2.50. The van der Waals surface area contributed by atoms with Crippen molar-refractivity contribution in [3.8, 4) is 11.8 Å². The SMILES string of the molecule is CC1(C)CC1CNC(=O)c1ccncc1C#CCCO. The van der Waals surface area contributed by atoms with Gasteiger partial charge in [0.15, 0.2) is 0 Å². The number of carbonyl (C=O) groups excluding carboxylic acids is 1. The Morgan fingerprint density at radius 2 is 2.35 bits per heavy atom. The summed E-state index contributed by atoms with van der Waals surface area (Å²) in [5.74, 6) is 6.16. The molecule has 1 aromatic rings. The van der Waals surface area contributed by atoms with Crippen LogP contribution in [0.25, 0.3) is 0 Å². The summed E-state index contributed by atoms with van der Waals surface area (Å²) < 4.78 is 0. The predicted molar refractivity (Wildman–Crippen MR) is 77.0 cm³/mol. The summed E-state index contributed by atoms with van der Waals surface area (Å²) in [5, 5.41) is 11.7. The number of amides is 1. The molecular formula is C16H20N2O2. The van der Waals surface area contributed by atoms with Crippen molar-refractivity contribution in [2.24, 2.45) is 11.3 Å². The van der Waals surface area contributed by atoms with E-state index >= 15 is 0 Å². The van der Waals surface area contributed by atoms with Crippen LogP contribution in [-0.4, -0.2) is 29.1 Å². The molecule has 2 N–H and O–H groups in total. The Morgan fingerprint density at radius 3 is 3.00 bits per heavy atom. The molecule has 4 nitrogen and oxygen atoms in total. The van der Waals surface area contributed by atoms with Crippen LogP contribution in [-0.2, 0) is 0 Å². The van der Waals surface area contributed by atoms with Gasteiger partial charge in [-0.25, -0.2) is 0 Å². The van der Waals surface area contributed by atoms with E-state index in [0.29, 0.717) is 35.4 Å². The van der Waals surface area contributed by atoms with E-state index in [2.05, 4.69) is 36.0 Å².